The van der Waals surface area contributed by atoms with E-state index in [0.717, 1.165) is 25.9 Å². The van der Waals surface area contributed by atoms with Crippen LogP contribution in [-0.2, 0) is 0 Å². The van der Waals surface area contributed by atoms with Crippen LogP contribution in [0.3, 0.4) is 0 Å². The number of hydrogen-bond acceptors (Lipinski definition) is 2. The molecule has 4 nitrogen and oxygen atoms in total. The number of hydrogen-bond donors (Lipinski definition) is 2. The van der Waals surface area contributed by atoms with Gasteiger partial charge in [0, 0.05) is 18.9 Å². The van der Waals surface area contributed by atoms with Gasteiger partial charge in [0.25, 0.3) is 0 Å². The Hall–Kier alpha value is -1.03. The molecule has 0 spiro atoms. The molecular weight excluding hydrogens is 154 g/mol. The summed E-state index contributed by atoms with van der Waals surface area (Å²) in [6, 6.07) is 0.345. The molecule has 1 fully saturated rings. The Kier molecular flexibility index (Phi) is 1.99. The molecule has 1 aliphatic heterocycles. The molecular formula is C8H13N3O. The second kappa shape index (κ2) is 3.15. The topological polar surface area (TPSA) is 49.8 Å². The monoisotopic (exact) mass is 167 g/mol. The summed E-state index contributed by atoms with van der Waals surface area (Å²) in [7, 11) is 0. The normalized spacial score (nSPS) is 24.2. The van der Waals surface area contributed by atoms with Crippen LogP contribution < -0.4 is 11.0 Å². The summed E-state index contributed by atoms with van der Waals surface area (Å²) in [4.78, 5) is 13.8. The molecule has 1 aromatic heterocycles. The van der Waals surface area contributed by atoms with Gasteiger partial charge < -0.3 is 10.3 Å². The summed E-state index contributed by atoms with van der Waals surface area (Å²) in [5.74, 6) is 0. The molecule has 1 saturated heterocycles. The number of rotatable bonds is 1. The molecule has 2 N–H and O–H groups in total. The average Bonchev–Trinajstić information content (AvgIpc) is 2.53. The van der Waals surface area contributed by atoms with Crippen LogP contribution in [0.5, 0.6) is 0 Å². The molecule has 1 unspecified atom stereocenters. The van der Waals surface area contributed by atoms with Crippen molar-refractivity contribution in [2.75, 3.05) is 13.1 Å². The number of imidazole rings is 1. The molecule has 1 aliphatic rings. The summed E-state index contributed by atoms with van der Waals surface area (Å²) in [5, 5.41) is 3.28. The van der Waals surface area contributed by atoms with Gasteiger partial charge in [-0.05, 0) is 19.4 Å². The van der Waals surface area contributed by atoms with E-state index in [1.54, 1.807) is 10.8 Å². The number of H-pyrrole nitrogens is 1. The second-order valence-electron chi connectivity index (χ2n) is 3.17. The zero-order valence-electron chi connectivity index (χ0n) is 6.92. The van der Waals surface area contributed by atoms with Crippen LogP contribution in [0.1, 0.15) is 18.9 Å². The van der Waals surface area contributed by atoms with Crippen molar-refractivity contribution in [3.05, 3.63) is 22.9 Å². The Bertz CT molecular complexity index is 295. The number of piperidine rings is 1. The first-order valence-corrected chi connectivity index (χ1v) is 4.34. The molecule has 0 aromatic carbocycles. The molecule has 0 amide bonds. The van der Waals surface area contributed by atoms with Gasteiger partial charge in [0.1, 0.15) is 0 Å². The van der Waals surface area contributed by atoms with Crippen molar-refractivity contribution in [3.8, 4) is 0 Å². The highest BCUT2D eigenvalue weighted by Crippen LogP contribution is 2.13. The highest BCUT2D eigenvalue weighted by molar-refractivity contribution is 4.84. The average molecular weight is 167 g/mol. The fourth-order valence-corrected chi connectivity index (χ4v) is 1.69. The van der Waals surface area contributed by atoms with Crippen LogP contribution in [0.4, 0.5) is 0 Å². The van der Waals surface area contributed by atoms with E-state index in [4.69, 9.17) is 0 Å². The quantitative estimate of drug-likeness (QED) is 0.623. The summed E-state index contributed by atoms with van der Waals surface area (Å²) >= 11 is 0. The Morgan fingerprint density at radius 2 is 2.50 bits per heavy atom. The second-order valence-corrected chi connectivity index (χ2v) is 3.17. The number of nitrogens with one attached hydrogen (secondary N) is 2. The van der Waals surface area contributed by atoms with E-state index in [0.29, 0.717) is 6.04 Å². The fraction of sp³-hybridized carbons (Fsp3) is 0.625. The molecule has 66 valence electrons. The van der Waals surface area contributed by atoms with E-state index in [2.05, 4.69) is 10.3 Å². The molecule has 2 rings (SSSR count). The molecule has 0 aliphatic carbocycles. The van der Waals surface area contributed by atoms with Crippen molar-refractivity contribution in [1.82, 2.24) is 14.9 Å². The van der Waals surface area contributed by atoms with Gasteiger partial charge in [-0.3, -0.25) is 4.57 Å². The van der Waals surface area contributed by atoms with Crippen molar-refractivity contribution in [3.63, 3.8) is 0 Å². The first kappa shape index (κ1) is 7.61. The van der Waals surface area contributed by atoms with E-state index in [1.807, 2.05) is 6.20 Å². The zero-order valence-corrected chi connectivity index (χ0v) is 6.92. The van der Waals surface area contributed by atoms with Crippen molar-refractivity contribution in [2.45, 2.75) is 18.9 Å². The van der Waals surface area contributed by atoms with Crippen molar-refractivity contribution < 1.29 is 0 Å². The van der Waals surface area contributed by atoms with Crippen molar-refractivity contribution >= 4 is 0 Å². The van der Waals surface area contributed by atoms with E-state index in [1.165, 1.54) is 0 Å². The van der Waals surface area contributed by atoms with Gasteiger partial charge in [0.15, 0.2) is 0 Å². The minimum Gasteiger partial charge on any atom is -0.315 e. The maximum atomic E-state index is 11.2. The van der Waals surface area contributed by atoms with E-state index in [9.17, 15) is 4.79 Å². The lowest BCUT2D eigenvalue weighted by Crippen LogP contribution is -2.35. The molecule has 4 heteroatoms. The van der Waals surface area contributed by atoms with Gasteiger partial charge >= 0.3 is 5.69 Å². The minimum atomic E-state index is 0.00343. The van der Waals surface area contributed by atoms with Gasteiger partial charge in [-0.2, -0.15) is 0 Å². The van der Waals surface area contributed by atoms with Gasteiger partial charge in [0.2, 0.25) is 0 Å². The molecule has 0 radical (unpaired) electrons. The van der Waals surface area contributed by atoms with Crippen LogP contribution in [0.25, 0.3) is 0 Å². The first-order valence-electron chi connectivity index (χ1n) is 4.34. The molecule has 0 saturated carbocycles. The Balaban J connectivity index is 2.18. The maximum absolute atomic E-state index is 11.2. The highest BCUT2D eigenvalue weighted by atomic mass is 16.1. The summed E-state index contributed by atoms with van der Waals surface area (Å²) in [5.41, 5.74) is 0.00343. The standard InChI is InChI=1S/C8H13N3O/c12-8-10-4-5-11(8)7-2-1-3-9-6-7/h4-5,7,9H,1-3,6H2,(H,10,12). The third kappa shape index (κ3) is 1.30. The molecule has 12 heavy (non-hydrogen) atoms. The van der Waals surface area contributed by atoms with Crippen LogP contribution in [0, 0.1) is 0 Å². The largest absolute Gasteiger partial charge is 0.325 e. The Morgan fingerprint density at radius 3 is 3.08 bits per heavy atom. The van der Waals surface area contributed by atoms with Crippen molar-refractivity contribution in [1.29, 1.82) is 0 Å². The predicted molar refractivity (Wildman–Crippen MR) is 46.2 cm³/mol. The van der Waals surface area contributed by atoms with E-state index < -0.39 is 0 Å². The van der Waals surface area contributed by atoms with E-state index >= 15 is 0 Å². The third-order valence-corrected chi connectivity index (χ3v) is 2.34. The summed E-state index contributed by atoms with van der Waals surface area (Å²) in [6.45, 7) is 1.99. The van der Waals surface area contributed by atoms with Gasteiger partial charge in [0.05, 0.1) is 6.04 Å². The summed E-state index contributed by atoms with van der Waals surface area (Å²) in [6.07, 6.45) is 5.77. The number of nitrogens with zero attached hydrogens (tertiary/aromatic N) is 1. The fourth-order valence-electron chi connectivity index (χ4n) is 1.69. The molecule has 1 aromatic rings. The SMILES string of the molecule is O=c1[nH]ccn1C1CCCNC1. The first-order chi connectivity index (χ1) is 5.88. The predicted octanol–water partition coefficient (Wildman–Crippen LogP) is 0.101. The lowest BCUT2D eigenvalue weighted by Gasteiger charge is -2.22. The van der Waals surface area contributed by atoms with Crippen LogP contribution in [-0.4, -0.2) is 22.6 Å². The van der Waals surface area contributed by atoms with Crippen LogP contribution in [0.2, 0.25) is 0 Å². The Morgan fingerprint density at radius 1 is 1.58 bits per heavy atom. The van der Waals surface area contributed by atoms with Gasteiger partial charge in [-0.15, -0.1) is 0 Å². The summed E-state index contributed by atoms with van der Waals surface area (Å²) < 4.78 is 1.77. The molecule has 2 heterocycles. The van der Waals surface area contributed by atoms with Gasteiger partial charge in [-0.1, -0.05) is 0 Å². The third-order valence-electron chi connectivity index (χ3n) is 2.34. The van der Waals surface area contributed by atoms with Crippen LogP contribution >= 0.6 is 0 Å². The number of aromatic nitrogens is 2. The van der Waals surface area contributed by atoms with Crippen LogP contribution in [0.15, 0.2) is 17.2 Å². The van der Waals surface area contributed by atoms with Crippen molar-refractivity contribution in [2.24, 2.45) is 0 Å². The highest BCUT2D eigenvalue weighted by Gasteiger charge is 2.15. The maximum Gasteiger partial charge on any atom is 0.325 e. The number of aromatic amines is 1. The molecule has 1 atom stereocenters. The minimum absolute atomic E-state index is 0.00343. The van der Waals surface area contributed by atoms with Gasteiger partial charge in [-0.25, -0.2) is 4.79 Å². The zero-order chi connectivity index (χ0) is 8.39. The van der Waals surface area contributed by atoms with E-state index in [-0.39, 0.29) is 5.69 Å². The molecule has 0 bridgehead atoms. The lowest BCUT2D eigenvalue weighted by atomic mass is 10.1. The lowest BCUT2D eigenvalue weighted by molar-refractivity contribution is 0.365. The Labute approximate surface area is 70.6 Å². The smallest absolute Gasteiger partial charge is 0.315 e.